The largest absolute Gasteiger partial charge is 0.458 e. The molecule has 4 aromatic rings. The van der Waals surface area contributed by atoms with Crippen molar-refractivity contribution < 1.29 is 47.5 Å². The van der Waals surface area contributed by atoms with Crippen LogP contribution in [0, 0.1) is 13.8 Å². The second kappa shape index (κ2) is 13.8. The third kappa shape index (κ3) is 7.36. The Labute approximate surface area is 265 Å². The maximum absolute atomic E-state index is 12.9. The lowest BCUT2D eigenvalue weighted by atomic mass is 10.1. The van der Waals surface area contributed by atoms with E-state index < -0.39 is 42.3 Å². The number of carbonyl (C=O) groups excluding carboxylic acids is 3. The highest BCUT2D eigenvalue weighted by Gasteiger charge is 2.51. The minimum absolute atomic E-state index is 0.0215. The maximum Gasteiger partial charge on any atom is 0.343 e. The van der Waals surface area contributed by atoms with Gasteiger partial charge < -0.3 is 33.2 Å². The smallest absolute Gasteiger partial charge is 0.343 e. The van der Waals surface area contributed by atoms with Crippen LogP contribution >= 0.6 is 0 Å². The molecule has 0 spiro atoms. The number of hydrogen-bond donors (Lipinski definition) is 0. The quantitative estimate of drug-likeness (QED) is 0.128. The SMILES string of the molecule is Cc1ccc(OCOc2ccc(C(=O)OC3COC4C(OC(=O)c5ccc(OC(=O)c6ccc(C)cc6)cc5)COC34)cc2)cc1. The first-order valence-electron chi connectivity index (χ1n) is 14.8. The molecule has 10 heteroatoms. The zero-order chi connectivity index (χ0) is 32.0. The Morgan fingerprint density at radius 3 is 1.39 bits per heavy atom. The Morgan fingerprint density at radius 2 is 0.913 bits per heavy atom. The fraction of sp³-hybridized carbons (Fsp3) is 0.250. The van der Waals surface area contributed by atoms with Crippen molar-refractivity contribution >= 4 is 17.9 Å². The molecule has 0 aliphatic carbocycles. The van der Waals surface area contributed by atoms with E-state index >= 15 is 0 Å². The van der Waals surface area contributed by atoms with E-state index in [9.17, 15) is 14.4 Å². The molecule has 2 aliphatic rings. The van der Waals surface area contributed by atoms with Crippen molar-refractivity contribution in [1.29, 1.82) is 0 Å². The average Bonchev–Trinajstić information content (AvgIpc) is 3.65. The van der Waals surface area contributed by atoms with Gasteiger partial charge in [-0.3, -0.25) is 0 Å². The Bertz CT molecular complexity index is 1660. The number of benzene rings is 4. The van der Waals surface area contributed by atoms with E-state index in [-0.39, 0.29) is 25.6 Å². The molecule has 46 heavy (non-hydrogen) atoms. The van der Waals surface area contributed by atoms with Crippen molar-refractivity contribution in [3.05, 3.63) is 125 Å². The van der Waals surface area contributed by atoms with Gasteiger partial charge in [0.1, 0.15) is 29.5 Å². The summed E-state index contributed by atoms with van der Waals surface area (Å²) >= 11 is 0. The highest BCUT2D eigenvalue weighted by Crippen LogP contribution is 2.32. The Kier molecular flexibility index (Phi) is 9.28. The van der Waals surface area contributed by atoms with E-state index in [1.54, 1.807) is 36.4 Å². The van der Waals surface area contributed by atoms with Crippen molar-refractivity contribution in [2.24, 2.45) is 0 Å². The zero-order valence-corrected chi connectivity index (χ0v) is 25.3. The van der Waals surface area contributed by atoms with Gasteiger partial charge >= 0.3 is 17.9 Å². The monoisotopic (exact) mass is 624 g/mol. The normalized spacial score (nSPS) is 20.0. The Morgan fingerprint density at radius 1 is 0.543 bits per heavy atom. The number of ether oxygens (including phenoxy) is 7. The van der Waals surface area contributed by atoms with Crippen molar-refractivity contribution in [2.45, 2.75) is 38.3 Å². The molecule has 2 saturated heterocycles. The molecule has 0 N–H and O–H groups in total. The van der Waals surface area contributed by atoms with Crippen LogP contribution in [0.5, 0.6) is 17.2 Å². The third-order valence-electron chi connectivity index (χ3n) is 7.63. The van der Waals surface area contributed by atoms with E-state index in [4.69, 9.17) is 33.2 Å². The third-order valence-corrected chi connectivity index (χ3v) is 7.63. The van der Waals surface area contributed by atoms with Crippen molar-refractivity contribution in [3.8, 4) is 17.2 Å². The van der Waals surface area contributed by atoms with Gasteiger partial charge in [-0.25, -0.2) is 14.4 Å². The summed E-state index contributed by atoms with van der Waals surface area (Å²) in [5, 5.41) is 0. The molecule has 2 heterocycles. The number of hydrogen-bond acceptors (Lipinski definition) is 10. The van der Waals surface area contributed by atoms with Gasteiger partial charge in [0.2, 0.25) is 6.79 Å². The van der Waals surface area contributed by atoms with Crippen LogP contribution in [0.3, 0.4) is 0 Å². The minimum atomic E-state index is -0.682. The zero-order valence-electron chi connectivity index (χ0n) is 25.3. The first kappa shape index (κ1) is 30.8. The molecular formula is C36H32O10. The van der Waals surface area contributed by atoms with Gasteiger partial charge in [-0.2, -0.15) is 0 Å². The predicted molar refractivity (Wildman–Crippen MR) is 164 cm³/mol. The van der Waals surface area contributed by atoms with Gasteiger partial charge in [-0.05, 0) is 86.6 Å². The van der Waals surface area contributed by atoms with Gasteiger partial charge in [0.15, 0.2) is 12.2 Å². The number of esters is 3. The fourth-order valence-electron chi connectivity index (χ4n) is 5.04. The van der Waals surface area contributed by atoms with Gasteiger partial charge in [0.25, 0.3) is 0 Å². The summed E-state index contributed by atoms with van der Waals surface area (Å²) in [6.07, 6.45) is -2.51. The van der Waals surface area contributed by atoms with Gasteiger partial charge in [0.05, 0.1) is 29.9 Å². The van der Waals surface area contributed by atoms with E-state index in [1.807, 2.05) is 50.2 Å². The Balaban J connectivity index is 0.959. The highest BCUT2D eigenvalue weighted by atomic mass is 16.7. The molecule has 0 amide bonds. The summed E-state index contributed by atoms with van der Waals surface area (Å²) in [7, 11) is 0. The predicted octanol–water partition coefficient (Wildman–Crippen LogP) is 5.49. The molecule has 0 aromatic heterocycles. The van der Waals surface area contributed by atoms with Crippen molar-refractivity contribution in [1.82, 2.24) is 0 Å². The molecule has 4 atom stereocenters. The van der Waals surface area contributed by atoms with Crippen molar-refractivity contribution in [3.63, 3.8) is 0 Å². The highest BCUT2D eigenvalue weighted by molar-refractivity contribution is 5.92. The maximum atomic E-state index is 12.9. The topological polar surface area (TPSA) is 116 Å². The number of fused-ring (bicyclic) bond motifs is 1. The molecule has 0 radical (unpaired) electrons. The first-order chi connectivity index (χ1) is 22.3. The first-order valence-corrected chi connectivity index (χ1v) is 14.8. The van der Waals surface area contributed by atoms with Gasteiger partial charge in [-0.15, -0.1) is 0 Å². The molecule has 10 nitrogen and oxygen atoms in total. The summed E-state index contributed by atoms with van der Waals surface area (Å²) in [5.41, 5.74) is 3.20. The average molecular weight is 625 g/mol. The van der Waals surface area contributed by atoms with Crippen LogP contribution in [0.25, 0.3) is 0 Å². The molecule has 2 fully saturated rings. The molecular weight excluding hydrogens is 592 g/mol. The lowest BCUT2D eigenvalue weighted by molar-refractivity contribution is -0.0287. The molecule has 6 rings (SSSR count). The molecule has 2 aliphatic heterocycles. The number of aryl methyl sites for hydroxylation is 2. The van der Waals surface area contributed by atoms with Crippen LogP contribution in [-0.2, 0) is 18.9 Å². The van der Waals surface area contributed by atoms with E-state index in [1.165, 1.54) is 24.3 Å². The van der Waals surface area contributed by atoms with Crippen LogP contribution in [0.2, 0.25) is 0 Å². The minimum Gasteiger partial charge on any atom is -0.458 e. The lowest BCUT2D eigenvalue weighted by Gasteiger charge is -2.17. The van der Waals surface area contributed by atoms with E-state index in [2.05, 4.69) is 0 Å². The standard InChI is InChI=1S/C36H32O10/c1-22-3-7-24(8-4-22)34(37)44-29-17-11-26(12-18-29)36(39)46-31-20-41-32-30(19-40-33(31)32)45-35(38)25-9-15-28(16-10-25)43-21-42-27-13-5-23(2)6-14-27/h3-18,30-33H,19-21H2,1-2H3. The second-order valence-corrected chi connectivity index (χ2v) is 11.0. The second-order valence-electron chi connectivity index (χ2n) is 11.0. The van der Waals surface area contributed by atoms with E-state index in [0.29, 0.717) is 28.4 Å². The van der Waals surface area contributed by atoms with E-state index in [0.717, 1.165) is 11.1 Å². The summed E-state index contributed by atoms with van der Waals surface area (Å²) in [5.74, 6) is -0.0881. The molecule has 0 saturated carbocycles. The molecule has 4 aromatic carbocycles. The molecule has 4 unspecified atom stereocenters. The summed E-state index contributed by atoms with van der Waals surface area (Å²) in [6, 6.07) is 27.3. The number of rotatable bonds is 10. The van der Waals surface area contributed by atoms with Crippen LogP contribution in [0.4, 0.5) is 0 Å². The summed E-state index contributed by atoms with van der Waals surface area (Å²) < 4.78 is 39.6. The van der Waals surface area contributed by atoms with Crippen LogP contribution in [0.1, 0.15) is 42.2 Å². The molecule has 0 bridgehead atoms. The molecule has 236 valence electrons. The number of carbonyl (C=O) groups is 3. The van der Waals surface area contributed by atoms with Gasteiger partial charge in [0, 0.05) is 0 Å². The van der Waals surface area contributed by atoms with Crippen molar-refractivity contribution in [2.75, 3.05) is 20.0 Å². The van der Waals surface area contributed by atoms with Crippen LogP contribution in [-0.4, -0.2) is 62.3 Å². The summed E-state index contributed by atoms with van der Waals surface area (Å²) in [6.45, 7) is 4.15. The fourth-order valence-corrected chi connectivity index (χ4v) is 5.04. The lowest BCUT2D eigenvalue weighted by Crippen LogP contribution is -2.36. The summed E-state index contributed by atoms with van der Waals surface area (Å²) in [4.78, 5) is 38.1. The van der Waals surface area contributed by atoms with Crippen LogP contribution < -0.4 is 14.2 Å². The van der Waals surface area contributed by atoms with Gasteiger partial charge in [-0.1, -0.05) is 35.4 Å². The Hall–Kier alpha value is -5.19. The van der Waals surface area contributed by atoms with Crippen LogP contribution in [0.15, 0.2) is 97.1 Å².